The Labute approximate surface area is 179 Å². The fourth-order valence-electron chi connectivity index (χ4n) is 4.08. The Morgan fingerprint density at radius 1 is 1.27 bits per heavy atom. The van der Waals surface area contributed by atoms with Crippen LogP contribution in [0.15, 0.2) is 40.8 Å². The number of aliphatic hydroxyl groups excluding tert-OH is 1. The Kier molecular flexibility index (Phi) is 6.01. The van der Waals surface area contributed by atoms with Crippen LogP contribution in [-0.2, 0) is 11.3 Å². The lowest BCUT2D eigenvalue weighted by Crippen LogP contribution is -2.41. The van der Waals surface area contributed by atoms with E-state index in [1.807, 2.05) is 48.4 Å². The molecule has 1 aliphatic rings. The molecule has 30 heavy (non-hydrogen) atoms. The molecular weight excluding hydrogens is 398 g/mol. The van der Waals surface area contributed by atoms with Gasteiger partial charge in [0.25, 0.3) is 5.56 Å². The van der Waals surface area contributed by atoms with Gasteiger partial charge in [0.15, 0.2) is 0 Å². The molecule has 0 saturated carbocycles. The van der Waals surface area contributed by atoms with E-state index in [-0.39, 0.29) is 29.9 Å². The molecule has 158 valence electrons. The second kappa shape index (κ2) is 8.70. The Morgan fingerprint density at radius 2 is 1.97 bits per heavy atom. The Hall–Kier alpha value is -2.51. The summed E-state index contributed by atoms with van der Waals surface area (Å²) < 4.78 is 1.55. The molecule has 1 fully saturated rings. The lowest BCUT2D eigenvalue weighted by molar-refractivity contribution is -0.133. The van der Waals surface area contributed by atoms with Crippen LogP contribution in [0.4, 0.5) is 0 Å². The topological polar surface area (TPSA) is 75.4 Å². The molecule has 0 unspecified atom stereocenters. The first kappa shape index (κ1) is 20.8. The van der Waals surface area contributed by atoms with E-state index >= 15 is 0 Å². The monoisotopic (exact) mass is 425 g/mol. The van der Waals surface area contributed by atoms with Crippen molar-refractivity contribution in [2.75, 3.05) is 13.1 Å². The minimum absolute atomic E-state index is 0.0510. The zero-order chi connectivity index (χ0) is 21.3. The molecule has 4 rings (SSSR count). The number of hydrogen-bond acceptors (Lipinski definition) is 5. The first-order valence-corrected chi connectivity index (χ1v) is 11.3. The molecular formula is C23H27N3O3S. The van der Waals surface area contributed by atoms with Crippen molar-refractivity contribution in [3.63, 3.8) is 0 Å². The minimum Gasteiger partial charge on any atom is -0.393 e. The number of aromatic nitrogens is 2. The van der Waals surface area contributed by atoms with Crippen LogP contribution in [0, 0.1) is 12.8 Å². The third kappa shape index (κ3) is 4.18. The minimum atomic E-state index is -0.327. The quantitative estimate of drug-likeness (QED) is 0.679. The molecule has 1 N–H and O–H groups in total. The summed E-state index contributed by atoms with van der Waals surface area (Å²) >= 11 is 1.47. The van der Waals surface area contributed by atoms with Crippen LogP contribution in [0.2, 0.25) is 0 Å². The third-order valence-corrected chi connectivity index (χ3v) is 6.95. The van der Waals surface area contributed by atoms with E-state index in [0.717, 1.165) is 28.8 Å². The Morgan fingerprint density at radius 3 is 2.63 bits per heavy atom. The number of nitrogens with zero attached hydrogens (tertiary/aromatic N) is 3. The first-order chi connectivity index (χ1) is 14.4. The average molecular weight is 426 g/mol. The maximum Gasteiger partial charge on any atom is 0.262 e. The molecule has 0 bridgehead atoms. The van der Waals surface area contributed by atoms with Crippen molar-refractivity contribution in [2.24, 2.45) is 5.92 Å². The van der Waals surface area contributed by atoms with Crippen LogP contribution in [0.25, 0.3) is 21.3 Å². The van der Waals surface area contributed by atoms with E-state index in [0.29, 0.717) is 25.0 Å². The Balaban J connectivity index is 1.49. The maximum atomic E-state index is 13.1. The van der Waals surface area contributed by atoms with Gasteiger partial charge in [-0.1, -0.05) is 29.8 Å². The van der Waals surface area contributed by atoms with Crippen LogP contribution in [0.3, 0.4) is 0 Å². The molecule has 0 radical (unpaired) electrons. The second-order valence-electron chi connectivity index (χ2n) is 8.15. The van der Waals surface area contributed by atoms with E-state index in [9.17, 15) is 14.7 Å². The van der Waals surface area contributed by atoms with Gasteiger partial charge in [0.05, 0.1) is 17.8 Å². The molecule has 1 saturated heterocycles. The molecule has 3 heterocycles. The molecule has 2 aromatic heterocycles. The highest BCUT2D eigenvalue weighted by atomic mass is 32.1. The smallest absolute Gasteiger partial charge is 0.262 e. The van der Waals surface area contributed by atoms with Crippen molar-refractivity contribution in [3.8, 4) is 11.1 Å². The van der Waals surface area contributed by atoms with Gasteiger partial charge in [-0.25, -0.2) is 4.98 Å². The standard InChI is InChI=1S/C23H27N3O3S/c1-15-3-5-18(6-4-15)19-13-30-22-21(19)23(29)26(14-24-22)12-9-20(28)25-10-7-17(8-11-25)16(2)27/h3-6,13-14,16-17,27H,7-12H2,1-2H3/t16-/m0/s1. The van der Waals surface area contributed by atoms with E-state index in [2.05, 4.69) is 4.98 Å². The number of benzene rings is 1. The number of hydrogen-bond donors (Lipinski definition) is 1. The highest BCUT2D eigenvalue weighted by Crippen LogP contribution is 2.30. The zero-order valence-corrected chi connectivity index (χ0v) is 18.2. The summed E-state index contributed by atoms with van der Waals surface area (Å²) in [7, 11) is 0. The van der Waals surface area contributed by atoms with Crippen LogP contribution in [-0.4, -0.2) is 44.7 Å². The number of rotatable bonds is 5. The highest BCUT2D eigenvalue weighted by molar-refractivity contribution is 7.17. The van der Waals surface area contributed by atoms with Crippen molar-refractivity contribution in [2.45, 2.75) is 45.8 Å². The Bertz CT molecular complexity index is 1090. The highest BCUT2D eigenvalue weighted by Gasteiger charge is 2.25. The van der Waals surface area contributed by atoms with Crippen molar-refractivity contribution >= 4 is 27.5 Å². The number of aliphatic hydroxyl groups is 1. The zero-order valence-electron chi connectivity index (χ0n) is 17.4. The number of likely N-dealkylation sites (tertiary alicyclic amines) is 1. The summed E-state index contributed by atoms with van der Waals surface area (Å²) in [5.74, 6) is 0.317. The first-order valence-electron chi connectivity index (χ1n) is 10.4. The average Bonchev–Trinajstić information content (AvgIpc) is 3.18. The normalized spacial score (nSPS) is 16.2. The summed E-state index contributed by atoms with van der Waals surface area (Å²) in [5.41, 5.74) is 2.97. The lowest BCUT2D eigenvalue weighted by atomic mass is 9.92. The molecule has 1 atom stereocenters. The van der Waals surface area contributed by atoms with Gasteiger partial charge in [-0.2, -0.15) is 0 Å². The molecule has 6 nitrogen and oxygen atoms in total. The van der Waals surface area contributed by atoms with Gasteiger partial charge in [0.1, 0.15) is 4.83 Å². The summed E-state index contributed by atoms with van der Waals surface area (Å²) in [6.45, 7) is 5.51. The number of aryl methyl sites for hydroxylation is 2. The fourth-order valence-corrected chi connectivity index (χ4v) is 4.98. The predicted octanol–water partition coefficient (Wildman–Crippen LogP) is 3.44. The summed E-state index contributed by atoms with van der Waals surface area (Å²) in [5, 5.41) is 12.3. The summed E-state index contributed by atoms with van der Waals surface area (Å²) in [4.78, 5) is 32.8. The molecule has 0 aliphatic carbocycles. The molecule has 3 aromatic rings. The molecule has 1 aliphatic heterocycles. The third-order valence-electron chi connectivity index (χ3n) is 6.06. The van der Waals surface area contributed by atoms with E-state index < -0.39 is 0 Å². The number of thiophene rings is 1. The van der Waals surface area contributed by atoms with Crippen molar-refractivity contribution in [1.29, 1.82) is 0 Å². The van der Waals surface area contributed by atoms with Crippen LogP contribution in [0.1, 0.15) is 31.7 Å². The largest absolute Gasteiger partial charge is 0.393 e. The lowest BCUT2D eigenvalue weighted by Gasteiger charge is -2.33. The summed E-state index contributed by atoms with van der Waals surface area (Å²) in [6, 6.07) is 8.11. The van der Waals surface area contributed by atoms with E-state index in [1.54, 1.807) is 10.9 Å². The number of carbonyl (C=O) groups is 1. The maximum absolute atomic E-state index is 13.1. The van der Waals surface area contributed by atoms with Crippen LogP contribution < -0.4 is 5.56 Å². The van der Waals surface area contributed by atoms with Crippen LogP contribution >= 0.6 is 11.3 Å². The SMILES string of the molecule is Cc1ccc(-c2csc3ncn(CCC(=O)N4CCC([C@H](C)O)CC4)c(=O)c23)cc1. The van der Waals surface area contributed by atoms with E-state index in [4.69, 9.17) is 0 Å². The van der Waals surface area contributed by atoms with Gasteiger partial charge >= 0.3 is 0 Å². The van der Waals surface area contributed by atoms with Gasteiger partial charge in [-0.15, -0.1) is 11.3 Å². The van der Waals surface area contributed by atoms with Crippen molar-refractivity contribution in [1.82, 2.24) is 14.5 Å². The van der Waals surface area contributed by atoms with Gasteiger partial charge in [0, 0.05) is 37.0 Å². The van der Waals surface area contributed by atoms with E-state index in [1.165, 1.54) is 16.9 Å². The van der Waals surface area contributed by atoms with Gasteiger partial charge < -0.3 is 10.0 Å². The second-order valence-corrected chi connectivity index (χ2v) is 9.01. The molecule has 7 heteroatoms. The number of piperidine rings is 1. The molecule has 0 spiro atoms. The fraction of sp³-hybridized carbons (Fsp3) is 0.435. The summed E-state index contributed by atoms with van der Waals surface area (Å²) in [6.07, 6.45) is 3.15. The van der Waals surface area contributed by atoms with Gasteiger partial charge in [0.2, 0.25) is 5.91 Å². The van der Waals surface area contributed by atoms with Crippen molar-refractivity contribution < 1.29 is 9.90 Å². The predicted molar refractivity (Wildman–Crippen MR) is 120 cm³/mol. The number of amides is 1. The van der Waals surface area contributed by atoms with Gasteiger partial charge in [-0.3, -0.25) is 14.2 Å². The molecule has 1 aromatic carbocycles. The molecule has 1 amide bonds. The van der Waals surface area contributed by atoms with Gasteiger partial charge in [-0.05, 0) is 38.2 Å². The number of carbonyl (C=O) groups excluding carboxylic acids is 1. The van der Waals surface area contributed by atoms with Crippen molar-refractivity contribution in [3.05, 3.63) is 51.9 Å². The van der Waals surface area contributed by atoms with Crippen LogP contribution in [0.5, 0.6) is 0 Å². The number of fused-ring (bicyclic) bond motifs is 1.